The van der Waals surface area contributed by atoms with Crippen LogP contribution in [0.25, 0.3) is 0 Å². The predicted molar refractivity (Wildman–Crippen MR) is 99.3 cm³/mol. The summed E-state index contributed by atoms with van der Waals surface area (Å²) in [7, 11) is 0. The number of non-ortho nitro benzene ring substituents is 1. The summed E-state index contributed by atoms with van der Waals surface area (Å²) in [6, 6.07) is 11.3. The highest BCUT2D eigenvalue weighted by atomic mass is 32.2. The largest absolute Gasteiger partial charge is 0.506 e. The maximum Gasteiger partial charge on any atom is 0.273 e. The first-order chi connectivity index (χ1) is 12.1. The molecule has 1 heterocycles. The van der Waals surface area contributed by atoms with Gasteiger partial charge in [-0.05, 0) is 41.9 Å². The number of allylic oxidation sites excluding steroid dienone is 2. The maximum absolute atomic E-state index is 11.1. The first-order valence-electron chi connectivity index (χ1n) is 8.17. The number of phenolic OH excluding ortho intramolecular Hbond substituents is 1. The summed E-state index contributed by atoms with van der Waals surface area (Å²) >= 11 is 1.70. The summed E-state index contributed by atoms with van der Waals surface area (Å²) in [4.78, 5) is 11.9. The summed E-state index contributed by atoms with van der Waals surface area (Å²) in [5.41, 5.74) is 2.51. The second-order valence-corrected chi connectivity index (χ2v) is 7.31. The van der Waals surface area contributed by atoms with Crippen molar-refractivity contribution in [1.82, 2.24) is 0 Å². The lowest BCUT2D eigenvalue weighted by Crippen LogP contribution is -2.29. The molecule has 0 amide bonds. The quantitative estimate of drug-likeness (QED) is 0.271. The lowest BCUT2D eigenvalue weighted by molar-refractivity contribution is -0.385. The molecule has 0 saturated heterocycles. The van der Waals surface area contributed by atoms with Crippen LogP contribution in [0.3, 0.4) is 0 Å². The average molecular weight is 354 g/mol. The van der Waals surface area contributed by atoms with Crippen molar-refractivity contribution in [1.29, 1.82) is 0 Å². The number of nitro groups is 1. The van der Waals surface area contributed by atoms with Crippen LogP contribution in [-0.2, 0) is 0 Å². The van der Waals surface area contributed by atoms with Gasteiger partial charge in [0.2, 0.25) is 0 Å². The fraction of sp³-hybridized carbons (Fsp3) is 0.263. The van der Waals surface area contributed by atoms with Gasteiger partial charge in [-0.2, -0.15) is 0 Å². The lowest BCUT2D eigenvalue weighted by atomic mass is 9.77. The van der Waals surface area contributed by atoms with Gasteiger partial charge in [0.05, 0.1) is 22.7 Å². The van der Waals surface area contributed by atoms with Gasteiger partial charge < -0.3 is 10.4 Å². The zero-order chi connectivity index (χ0) is 17.6. The molecular weight excluding hydrogens is 336 g/mol. The topological polar surface area (TPSA) is 75.4 Å². The molecule has 1 aliphatic heterocycles. The number of hydrogen-bond donors (Lipinski definition) is 2. The highest BCUT2D eigenvalue weighted by Crippen LogP contribution is 2.53. The van der Waals surface area contributed by atoms with Crippen LogP contribution in [0.2, 0.25) is 0 Å². The van der Waals surface area contributed by atoms with E-state index in [0.29, 0.717) is 5.69 Å². The molecule has 0 fully saturated rings. The number of thioether (sulfide) groups is 1. The number of nitro benzene ring substituents is 1. The van der Waals surface area contributed by atoms with E-state index in [4.69, 9.17) is 0 Å². The molecule has 2 N–H and O–H groups in total. The number of phenols is 1. The highest BCUT2D eigenvalue weighted by Gasteiger charge is 2.39. The Kier molecular flexibility index (Phi) is 3.92. The van der Waals surface area contributed by atoms with E-state index in [1.165, 1.54) is 16.5 Å². The fourth-order valence-electron chi connectivity index (χ4n) is 3.91. The zero-order valence-corrected chi connectivity index (χ0v) is 14.5. The Balaban J connectivity index is 1.78. The minimum atomic E-state index is -0.457. The highest BCUT2D eigenvalue weighted by molar-refractivity contribution is 7.98. The number of nitrogens with zero attached hydrogens (tertiary/aromatic N) is 1. The van der Waals surface area contributed by atoms with Gasteiger partial charge >= 0.3 is 0 Å². The molecule has 2 aliphatic rings. The van der Waals surface area contributed by atoms with Gasteiger partial charge in [-0.15, -0.1) is 11.8 Å². The minimum absolute atomic E-state index is 0.0614. The number of hydrogen-bond acceptors (Lipinski definition) is 5. The molecule has 0 bridgehead atoms. The van der Waals surface area contributed by atoms with Crippen LogP contribution in [0.15, 0.2) is 53.4 Å². The lowest BCUT2D eigenvalue weighted by Gasteiger charge is -2.37. The third-order valence-electron chi connectivity index (χ3n) is 5.12. The Labute approximate surface area is 149 Å². The Bertz CT molecular complexity index is 864. The number of anilines is 1. The van der Waals surface area contributed by atoms with E-state index >= 15 is 0 Å². The van der Waals surface area contributed by atoms with Crippen LogP contribution in [0.4, 0.5) is 11.4 Å². The third-order valence-corrected chi connectivity index (χ3v) is 5.86. The second kappa shape index (κ2) is 6.11. The van der Waals surface area contributed by atoms with Crippen molar-refractivity contribution in [3.05, 3.63) is 69.8 Å². The Morgan fingerprint density at radius 1 is 1.28 bits per heavy atom. The molecule has 6 heteroatoms. The van der Waals surface area contributed by atoms with E-state index in [1.807, 2.05) is 6.26 Å². The van der Waals surface area contributed by atoms with E-state index in [1.54, 1.807) is 17.8 Å². The van der Waals surface area contributed by atoms with Crippen molar-refractivity contribution in [2.24, 2.45) is 5.92 Å². The molecule has 0 saturated carbocycles. The second-order valence-electron chi connectivity index (χ2n) is 6.43. The summed E-state index contributed by atoms with van der Waals surface area (Å²) in [5.74, 6) is 0.301. The summed E-state index contributed by atoms with van der Waals surface area (Å²) in [5, 5.41) is 24.9. The van der Waals surface area contributed by atoms with Gasteiger partial charge in [0.25, 0.3) is 5.69 Å². The molecule has 3 atom stereocenters. The summed E-state index contributed by atoms with van der Waals surface area (Å²) < 4.78 is 0. The van der Waals surface area contributed by atoms with Crippen molar-refractivity contribution in [3.63, 3.8) is 0 Å². The first kappa shape index (κ1) is 16.0. The zero-order valence-electron chi connectivity index (χ0n) is 13.7. The van der Waals surface area contributed by atoms with Crippen LogP contribution < -0.4 is 5.32 Å². The summed E-state index contributed by atoms with van der Waals surface area (Å²) in [6.45, 7) is 0. The van der Waals surface area contributed by atoms with Crippen molar-refractivity contribution in [2.45, 2.75) is 23.3 Å². The summed E-state index contributed by atoms with van der Waals surface area (Å²) in [6.07, 6.45) is 7.20. The van der Waals surface area contributed by atoms with Crippen LogP contribution in [0.1, 0.15) is 29.5 Å². The number of aromatic hydroxyl groups is 1. The normalized spacial score (nSPS) is 23.6. The van der Waals surface area contributed by atoms with Crippen LogP contribution in [-0.4, -0.2) is 16.3 Å². The van der Waals surface area contributed by atoms with E-state index < -0.39 is 4.92 Å². The number of rotatable bonds is 3. The Hall–Kier alpha value is -2.47. The average Bonchev–Trinajstić information content (AvgIpc) is 3.11. The molecule has 4 rings (SSSR count). The molecule has 0 aromatic heterocycles. The first-order valence-corrected chi connectivity index (χ1v) is 9.39. The third kappa shape index (κ3) is 2.66. The predicted octanol–water partition coefficient (Wildman–Crippen LogP) is 4.85. The Morgan fingerprint density at radius 3 is 2.72 bits per heavy atom. The van der Waals surface area contributed by atoms with Gasteiger partial charge in [-0.3, -0.25) is 10.1 Å². The molecule has 0 radical (unpaired) electrons. The molecular formula is C19H18N2O3S. The van der Waals surface area contributed by atoms with Gasteiger partial charge in [-0.25, -0.2) is 0 Å². The minimum Gasteiger partial charge on any atom is -0.506 e. The fourth-order valence-corrected chi connectivity index (χ4v) is 4.32. The molecule has 2 aromatic rings. The van der Waals surface area contributed by atoms with Crippen molar-refractivity contribution < 1.29 is 10.0 Å². The molecule has 128 valence electrons. The van der Waals surface area contributed by atoms with E-state index in [2.05, 4.69) is 41.7 Å². The van der Waals surface area contributed by atoms with Crippen LogP contribution in [0.5, 0.6) is 5.75 Å². The SMILES string of the molecule is CSc1ccc(C2Nc3c(O)cc([N+](=O)[O-])cc3C3C=CCC32)cc1. The number of benzene rings is 2. The van der Waals surface area contributed by atoms with Gasteiger partial charge in [-0.1, -0.05) is 24.3 Å². The van der Waals surface area contributed by atoms with Gasteiger partial charge in [0.1, 0.15) is 5.75 Å². The van der Waals surface area contributed by atoms with E-state index in [0.717, 1.165) is 12.0 Å². The molecule has 3 unspecified atom stereocenters. The van der Waals surface area contributed by atoms with Crippen molar-refractivity contribution in [2.75, 3.05) is 11.6 Å². The Morgan fingerprint density at radius 2 is 2.04 bits per heavy atom. The maximum atomic E-state index is 11.1. The molecule has 1 aliphatic carbocycles. The van der Waals surface area contributed by atoms with Crippen molar-refractivity contribution in [3.8, 4) is 5.75 Å². The van der Waals surface area contributed by atoms with Gasteiger partial charge in [0.15, 0.2) is 0 Å². The van der Waals surface area contributed by atoms with E-state index in [9.17, 15) is 15.2 Å². The number of nitrogens with one attached hydrogen (secondary N) is 1. The van der Waals surface area contributed by atoms with Crippen LogP contribution >= 0.6 is 11.8 Å². The molecule has 0 spiro atoms. The standard InChI is InChI=1S/C19H18N2O3S/c1-25-13-7-5-11(6-8-13)18-15-4-2-3-14(15)16-9-12(21(23)24)10-17(22)19(16)20-18/h2-3,5-10,14-15,18,20,22H,4H2,1H3. The van der Waals surface area contributed by atoms with Crippen molar-refractivity contribution >= 4 is 23.1 Å². The van der Waals surface area contributed by atoms with Crippen LogP contribution in [0, 0.1) is 16.0 Å². The van der Waals surface area contributed by atoms with Gasteiger partial charge in [0, 0.05) is 16.9 Å². The molecule has 5 nitrogen and oxygen atoms in total. The van der Waals surface area contributed by atoms with E-state index in [-0.39, 0.29) is 29.3 Å². The smallest absolute Gasteiger partial charge is 0.273 e. The number of fused-ring (bicyclic) bond motifs is 3. The molecule has 2 aromatic carbocycles. The monoisotopic (exact) mass is 354 g/mol. The molecule has 25 heavy (non-hydrogen) atoms.